The van der Waals surface area contributed by atoms with Gasteiger partial charge in [0.05, 0.1) is 5.41 Å². The Balaban J connectivity index is 1.98. The van der Waals surface area contributed by atoms with Gasteiger partial charge in [-0.15, -0.1) is 0 Å². The third-order valence-corrected chi connectivity index (χ3v) is 3.96. The lowest BCUT2D eigenvalue weighted by Gasteiger charge is -2.33. The van der Waals surface area contributed by atoms with Crippen LogP contribution in [-0.4, -0.2) is 36.7 Å². The Morgan fingerprint density at radius 1 is 1.44 bits per heavy atom. The number of hydrogen-bond acceptors (Lipinski definition) is 4. The van der Waals surface area contributed by atoms with E-state index < -0.39 is 11.4 Å². The zero-order chi connectivity index (χ0) is 13.0. The normalized spacial score (nSPS) is 18.2. The molecule has 1 aliphatic rings. The van der Waals surface area contributed by atoms with E-state index in [1.54, 1.807) is 11.4 Å². The number of carbonyl (C=O) groups is 2. The minimum absolute atomic E-state index is 0.153. The topological polar surface area (TPSA) is 75.6 Å². The number of aliphatic carboxylic acids is 1. The van der Waals surface area contributed by atoms with E-state index in [2.05, 4.69) is 5.32 Å². The van der Waals surface area contributed by atoms with Crippen LogP contribution in [0, 0.1) is 5.41 Å². The molecule has 0 radical (unpaired) electrons. The molecule has 1 fully saturated rings. The number of rotatable bonds is 4. The van der Waals surface area contributed by atoms with Crippen molar-refractivity contribution in [1.82, 2.24) is 5.32 Å². The number of carboxylic acids is 1. The van der Waals surface area contributed by atoms with E-state index in [-0.39, 0.29) is 12.5 Å². The SMILES string of the molecule is O=C(NCC1(C(=O)O)CCOCC1)c1ccsc1. The summed E-state index contributed by atoms with van der Waals surface area (Å²) in [6.45, 7) is 1.02. The van der Waals surface area contributed by atoms with Crippen LogP contribution < -0.4 is 5.32 Å². The first-order chi connectivity index (χ1) is 8.64. The van der Waals surface area contributed by atoms with Crippen LogP contribution in [0.4, 0.5) is 0 Å². The van der Waals surface area contributed by atoms with E-state index >= 15 is 0 Å². The standard InChI is InChI=1S/C12H15NO4S/c14-10(9-1-6-18-7-9)13-8-12(11(15)16)2-4-17-5-3-12/h1,6-7H,2-5,8H2,(H,13,14)(H,15,16). The predicted octanol–water partition coefficient (Wildman–Crippen LogP) is 1.36. The molecular formula is C12H15NO4S. The maximum absolute atomic E-state index is 11.8. The highest BCUT2D eigenvalue weighted by atomic mass is 32.1. The lowest BCUT2D eigenvalue weighted by atomic mass is 9.80. The van der Waals surface area contributed by atoms with Gasteiger partial charge < -0.3 is 15.2 Å². The van der Waals surface area contributed by atoms with Gasteiger partial charge in [0.25, 0.3) is 5.91 Å². The molecule has 0 atom stereocenters. The molecule has 98 valence electrons. The van der Waals surface area contributed by atoms with Gasteiger partial charge in [0.1, 0.15) is 0 Å². The first-order valence-electron chi connectivity index (χ1n) is 5.76. The highest BCUT2D eigenvalue weighted by Gasteiger charge is 2.40. The van der Waals surface area contributed by atoms with Gasteiger partial charge >= 0.3 is 5.97 Å². The molecule has 1 aromatic heterocycles. The molecule has 0 aromatic carbocycles. The van der Waals surface area contributed by atoms with Crippen molar-refractivity contribution in [3.8, 4) is 0 Å². The molecule has 0 spiro atoms. The first kappa shape index (κ1) is 13.0. The molecule has 1 amide bonds. The molecule has 0 unspecified atom stereocenters. The van der Waals surface area contributed by atoms with Crippen LogP contribution in [0.3, 0.4) is 0 Å². The smallest absolute Gasteiger partial charge is 0.311 e. The van der Waals surface area contributed by atoms with Crippen LogP contribution in [0.5, 0.6) is 0 Å². The lowest BCUT2D eigenvalue weighted by Crippen LogP contribution is -2.46. The van der Waals surface area contributed by atoms with Crippen molar-refractivity contribution in [2.45, 2.75) is 12.8 Å². The third-order valence-electron chi connectivity index (χ3n) is 3.27. The third kappa shape index (κ3) is 2.70. The molecule has 5 nitrogen and oxygen atoms in total. The van der Waals surface area contributed by atoms with Gasteiger partial charge in [0.15, 0.2) is 0 Å². The van der Waals surface area contributed by atoms with Gasteiger partial charge in [0, 0.05) is 30.7 Å². The predicted molar refractivity (Wildman–Crippen MR) is 66.8 cm³/mol. The number of thiophene rings is 1. The highest BCUT2D eigenvalue weighted by molar-refractivity contribution is 7.08. The number of amides is 1. The highest BCUT2D eigenvalue weighted by Crippen LogP contribution is 2.30. The van der Waals surface area contributed by atoms with E-state index in [1.165, 1.54) is 11.3 Å². The Kier molecular flexibility index (Phi) is 3.98. The Hall–Kier alpha value is -1.40. The summed E-state index contributed by atoms with van der Waals surface area (Å²) in [6, 6.07) is 1.72. The maximum atomic E-state index is 11.8. The molecule has 0 aliphatic carbocycles. The Labute approximate surface area is 109 Å². The van der Waals surface area contributed by atoms with Crippen molar-refractivity contribution in [2.24, 2.45) is 5.41 Å². The molecule has 2 heterocycles. The Morgan fingerprint density at radius 2 is 2.17 bits per heavy atom. The van der Waals surface area contributed by atoms with Gasteiger partial charge in [-0.2, -0.15) is 11.3 Å². The number of carboxylic acid groups (broad SMARTS) is 1. The van der Waals surface area contributed by atoms with Crippen molar-refractivity contribution in [3.05, 3.63) is 22.4 Å². The minimum Gasteiger partial charge on any atom is -0.481 e. The summed E-state index contributed by atoms with van der Waals surface area (Å²) in [5.74, 6) is -1.08. The van der Waals surface area contributed by atoms with Crippen molar-refractivity contribution in [2.75, 3.05) is 19.8 Å². The van der Waals surface area contributed by atoms with E-state index in [9.17, 15) is 14.7 Å². The maximum Gasteiger partial charge on any atom is 0.311 e. The molecular weight excluding hydrogens is 254 g/mol. The Bertz CT molecular complexity index is 423. The van der Waals surface area contributed by atoms with Crippen molar-refractivity contribution >= 4 is 23.2 Å². The Morgan fingerprint density at radius 3 is 2.72 bits per heavy atom. The van der Waals surface area contributed by atoms with E-state index in [1.807, 2.05) is 5.38 Å². The fourth-order valence-electron chi connectivity index (χ4n) is 1.97. The van der Waals surface area contributed by atoms with E-state index in [0.717, 1.165) is 0 Å². The average Bonchev–Trinajstić information content (AvgIpc) is 2.91. The van der Waals surface area contributed by atoms with Crippen LogP contribution in [0.15, 0.2) is 16.8 Å². The van der Waals surface area contributed by atoms with Gasteiger partial charge in [0.2, 0.25) is 0 Å². The summed E-state index contributed by atoms with van der Waals surface area (Å²) in [5.41, 5.74) is -0.309. The zero-order valence-electron chi connectivity index (χ0n) is 9.85. The van der Waals surface area contributed by atoms with Crippen LogP contribution in [0.2, 0.25) is 0 Å². The van der Waals surface area contributed by atoms with Crippen LogP contribution in [-0.2, 0) is 9.53 Å². The lowest BCUT2D eigenvalue weighted by molar-refractivity contribution is -0.154. The largest absolute Gasteiger partial charge is 0.481 e. The average molecular weight is 269 g/mol. The fraction of sp³-hybridized carbons (Fsp3) is 0.500. The summed E-state index contributed by atoms with van der Waals surface area (Å²) < 4.78 is 5.18. The molecule has 2 N–H and O–H groups in total. The monoisotopic (exact) mass is 269 g/mol. The van der Waals surface area contributed by atoms with Crippen molar-refractivity contribution in [3.63, 3.8) is 0 Å². The molecule has 0 saturated carbocycles. The summed E-state index contributed by atoms with van der Waals surface area (Å²) >= 11 is 1.44. The number of hydrogen-bond donors (Lipinski definition) is 2. The second-order valence-electron chi connectivity index (χ2n) is 4.39. The summed E-state index contributed by atoms with van der Waals surface area (Å²) in [5, 5.41) is 15.6. The molecule has 1 saturated heterocycles. The molecule has 18 heavy (non-hydrogen) atoms. The van der Waals surface area contributed by atoms with Gasteiger partial charge in [-0.25, -0.2) is 0 Å². The zero-order valence-corrected chi connectivity index (χ0v) is 10.7. The van der Waals surface area contributed by atoms with E-state index in [0.29, 0.717) is 31.6 Å². The molecule has 0 bridgehead atoms. The van der Waals surface area contributed by atoms with Crippen molar-refractivity contribution in [1.29, 1.82) is 0 Å². The van der Waals surface area contributed by atoms with Gasteiger partial charge in [-0.3, -0.25) is 9.59 Å². The van der Waals surface area contributed by atoms with Gasteiger partial charge in [-0.05, 0) is 24.3 Å². The summed E-state index contributed by atoms with van der Waals surface area (Å²) in [4.78, 5) is 23.2. The second-order valence-corrected chi connectivity index (χ2v) is 5.17. The molecule has 1 aliphatic heterocycles. The van der Waals surface area contributed by atoms with Crippen LogP contribution in [0.1, 0.15) is 23.2 Å². The fourth-order valence-corrected chi connectivity index (χ4v) is 2.61. The number of carbonyl (C=O) groups excluding carboxylic acids is 1. The second kappa shape index (κ2) is 5.49. The summed E-state index contributed by atoms with van der Waals surface area (Å²) in [7, 11) is 0. The van der Waals surface area contributed by atoms with E-state index in [4.69, 9.17) is 4.74 Å². The minimum atomic E-state index is -0.885. The molecule has 1 aromatic rings. The summed E-state index contributed by atoms with van der Waals surface area (Å²) in [6.07, 6.45) is 0.874. The van der Waals surface area contributed by atoms with Crippen LogP contribution in [0.25, 0.3) is 0 Å². The van der Waals surface area contributed by atoms with Crippen LogP contribution >= 0.6 is 11.3 Å². The molecule has 2 rings (SSSR count). The van der Waals surface area contributed by atoms with Gasteiger partial charge in [-0.1, -0.05) is 0 Å². The molecule has 6 heteroatoms. The first-order valence-corrected chi connectivity index (χ1v) is 6.70. The number of ether oxygens (including phenoxy) is 1. The van der Waals surface area contributed by atoms with Crippen molar-refractivity contribution < 1.29 is 19.4 Å². The number of nitrogens with one attached hydrogen (secondary N) is 1. The quantitative estimate of drug-likeness (QED) is 0.865.